The van der Waals surface area contributed by atoms with Crippen molar-refractivity contribution in [2.24, 2.45) is 5.92 Å². The highest BCUT2D eigenvalue weighted by atomic mass is 16.3. The number of benzene rings is 1. The zero-order valence-corrected chi connectivity index (χ0v) is 10.6. The predicted octanol–water partition coefficient (Wildman–Crippen LogP) is 1.76. The molecule has 2 rings (SSSR count). The second-order valence-electron chi connectivity index (χ2n) is 4.41. The average Bonchev–Trinajstić information content (AvgIpc) is 3.16. The second kappa shape index (κ2) is 7.48. The maximum atomic E-state index is 11.3. The van der Waals surface area contributed by atoms with Gasteiger partial charge in [-0.2, -0.15) is 0 Å². The van der Waals surface area contributed by atoms with E-state index in [1.165, 1.54) is 11.1 Å². The fourth-order valence-electron chi connectivity index (χ4n) is 1.57. The van der Waals surface area contributed by atoms with Crippen LogP contribution in [0.3, 0.4) is 0 Å². The number of carbonyl (C=O) groups excluding carboxylic acids is 1. The summed E-state index contributed by atoms with van der Waals surface area (Å²) in [6.45, 7) is 2.59. The van der Waals surface area contributed by atoms with Crippen molar-refractivity contribution in [2.45, 2.75) is 26.2 Å². The van der Waals surface area contributed by atoms with Gasteiger partial charge in [0.1, 0.15) is 0 Å². The molecular formula is C14H19NO3. The van der Waals surface area contributed by atoms with E-state index < -0.39 is 0 Å². The van der Waals surface area contributed by atoms with E-state index in [9.17, 15) is 4.79 Å². The van der Waals surface area contributed by atoms with E-state index in [-0.39, 0.29) is 12.4 Å². The molecule has 4 heteroatoms. The fourth-order valence-corrected chi connectivity index (χ4v) is 1.57. The van der Waals surface area contributed by atoms with Gasteiger partial charge in [0, 0.05) is 12.5 Å². The Morgan fingerprint density at radius 2 is 1.94 bits per heavy atom. The summed E-state index contributed by atoms with van der Waals surface area (Å²) in [4.78, 5) is 19.7. The van der Waals surface area contributed by atoms with Gasteiger partial charge in [0.05, 0.1) is 0 Å². The van der Waals surface area contributed by atoms with Crippen molar-refractivity contribution < 1.29 is 14.7 Å². The minimum absolute atomic E-state index is 0.238. The Bertz CT molecular complexity index is 383. The number of hydrogen-bond donors (Lipinski definition) is 2. The Labute approximate surface area is 107 Å². The van der Waals surface area contributed by atoms with E-state index in [4.69, 9.17) is 9.90 Å². The quantitative estimate of drug-likeness (QED) is 0.799. The van der Waals surface area contributed by atoms with Crippen LogP contribution >= 0.6 is 0 Å². The lowest BCUT2D eigenvalue weighted by Crippen LogP contribution is -2.26. The molecule has 0 atom stereocenters. The highest BCUT2D eigenvalue weighted by Crippen LogP contribution is 2.28. The van der Waals surface area contributed by atoms with Gasteiger partial charge in [0.25, 0.3) is 6.47 Å². The molecule has 0 radical (unpaired) electrons. The third kappa shape index (κ3) is 5.48. The molecular weight excluding hydrogens is 230 g/mol. The van der Waals surface area contributed by atoms with Crippen LogP contribution in [-0.2, 0) is 16.0 Å². The lowest BCUT2D eigenvalue weighted by molar-refractivity contribution is -0.123. The van der Waals surface area contributed by atoms with Gasteiger partial charge in [-0.15, -0.1) is 0 Å². The Morgan fingerprint density at radius 3 is 2.44 bits per heavy atom. The number of aryl methyl sites for hydroxylation is 1. The molecule has 0 saturated heterocycles. The van der Waals surface area contributed by atoms with Gasteiger partial charge in [0.2, 0.25) is 5.91 Å². The maximum absolute atomic E-state index is 11.3. The average molecular weight is 249 g/mol. The first-order chi connectivity index (χ1) is 8.67. The summed E-state index contributed by atoms with van der Waals surface area (Å²) in [5.41, 5.74) is 2.57. The lowest BCUT2D eigenvalue weighted by atomic mass is 10.1. The summed E-state index contributed by atoms with van der Waals surface area (Å²) in [6.07, 6.45) is 3.09. The smallest absolute Gasteiger partial charge is 0.290 e. The molecule has 1 aliphatic carbocycles. The summed E-state index contributed by atoms with van der Waals surface area (Å²) >= 11 is 0. The zero-order chi connectivity index (χ0) is 13.4. The van der Waals surface area contributed by atoms with Gasteiger partial charge in [0.15, 0.2) is 0 Å². The van der Waals surface area contributed by atoms with E-state index in [1.54, 1.807) is 0 Å². The highest BCUT2D eigenvalue weighted by molar-refractivity contribution is 5.80. The molecule has 1 amide bonds. The molecule has 18 heavy (non-hydrogen) atoms. The minimum atomic E-state index is -0.250. The molecule has 0 aliphatic heterocycles. The van der Waals surface area contributed by atoms with Crippen LogP contribution in [0.4, 0.5) is 0 Å². The summed E-state index contributed by atoms with van der Waals surface area (Å²) in [7, 11) is 0. The molecule has 1 saturated carbocycles. The molecule has 0 spiro atoms. The van der Waals surface area contributed by atoms with Crippen molar-refractivity contribution in [3.05, 3.63) is 35.4 Å². The predicted molar refractivity (Wildman–Crippen MR) is 69.3 cm³/mol. The largest absolute Gasteiger partial charge is 0.483 e. The summed E-state index contributed by atoms with van der Waals surface area (Å²) in [5.74, 6) is 0.560. The lowest BCUT2D eigenvalue weighted by Gasteiger charge is -2.04. The standard InChI is InChI=1S/C13H17NO.CH2O2/c1-10-2-4-11(5-3-10)8-9-14-13(15)12-6-7-12;2-1-3/h2-5,12H,6-9H2,1H3,(H,14,15);1H,(H,2,3). The normalized spacial score (nSPS) is 13.2. The third-order valence-corrected chi connectivity index (χ3v) is 2.78. The Balaban J connectivity index is 0.000000492. The van der Waals surface area contributed by atoms with E-state index in [1.807, 2.05) is 0 Å². The molecule has 1 aromatic rings. The van der Waals surface area contributed by atoms with E-state index in [0.29, 0.717) is 5.92 Å². The molecule has 0 unspecified atom stereocenters. The van der Waals surface area contributed by atoms with Crippen molar-refractivity contribution in [3.8, 4) is 0 Å². The van der Waals surface area contributed by atoms with Crippen LogP contribution in [-0.4, -0.2) is 24.0 Å². The molecule has 1 aliphatic rings. The third-order valence-electron chi connectivity index (χ3n) is 2.78. The van der Waals surface area contributed by atoms with Gasteiger partial charge in [-0.1, -0.05) is 29.8 Å². The molecule has 1 aromatic carbocycles. The van der Waals surface area contributed by atoms with Crippen LogP contribution in [0.2, 0.25) is 0 Å². The van der Waals surface area contributed by atoms with Crippen molar-refractivity contribution in [1.29, 1.82) is 0 Å². The number of rotatable bonds is 4. The first kappa shape index (κ1) is 14.2. The minimum Gasteiger partial charge on any atom is -0.483 e. The highest BCUT2D eigenvalue weighted by Gasteiger charge is 2.28. The molecule has 4 nitrogen and oxygen atoms in total. The topological polar surface area (TPSA) is 66.4 Å². The van der Waals surface area contributed by atoms with E-state index in [2.05, 4.69) is 36.5 Å². The first-order valence-electron chi connectivity index (χ1n) is 6.08. The molecule has 98 valence electrons. The molecule has 0 bridgehead atoms. The van der Waals surface area contributed by atoms with Gasteiger partial charge in [-0.3, -0.25) is 9.59 Å². The number of amides is 1. The van der Waals surface area contributed by atoms with Crippen LogP contribution in [0.25, 0.3) is 0 Å². The van der Waals surface area contributed by atoms with Crippen molar-refractivity contribution in [1.82, 2.24) is 5.32 Å². The Morgan fingerprint density at radius 1 is 1.39 bits per heavy atom. The first-order valence-corrected chi connectivity index (χ1v) is 6.08. The van der Waals surface area contributed by atoms with Gasteiger partial charge < -0.3 is 10.4 Å². The van der Waals surface area contributed by atoms with Crippen LogP contribution in [0.5, 0.6) is 0 Å². The Hall–Kier alpha value is -1.84. The number of hydrogen-bond acceptors (Lipinski definition) is 2. The number of carboxylic acid groups (broad SMARTS) is 1. The van der Waals surface area contributed by atoms with Gasteiger partial charge in [-0.25, -0.2) is 0 Å². The molecule has 0 aromatic heterocycles. The van der Waals surface area contributed by atoms with Crippen LogP contribution in [0.15, 0.2) is 24.3 Å². The van der Waals surface area contributed by atoms with Crippen LogP contribution < -0.4 is 5.32 Å². The van der Waals surface area contributed by atoms with Gasteiger partial charge in [-0.05, 0) is 31.7 Å². The summed E-state index contributed by atoms with van der Waals surface area (Å²) in [6, 6.07) is 8.47. The summed E-state index contributed by atoms with van der Waals surface area (Å²) in [5, 5.41) is 9.86. The summed E-state index contributed by atoms with van der Waals surface area (Å²) < 4.78 is 0. The molecule has 2 N–H and O–H groups in total. The zero-order valence-electron chi connectivity index (χ0n) is 10.6. The second-order valence-corrected chi connectivity index (χ2v) is 4.41. The van der Waals surface area contributed by atoms with Gasteiger partial charge >= 0.3 is 0 Å². The number of carbonyl (C=O) groups is 2. The van der Waals surface area contributed by atoms with Crippen molar-refractivity contribution >= 4 is 12.4 Å². The maximum Gasteiger partial charge on any atom is 0.290 e. The SMILES string of the molecule is Cc1ccc(CCNC(=O)C2CC2)cc1.O=CO. The van der Waals surface area contributed by atoms with E-state index >= 15 is 0 Å². The van der Waals surface area contributed by atoms with Crippen molar-refractivity contribution in [2.75, 3.05) is 6.54 Å². The van der Waals surface area contributed by atoms with E-state index in [0.717, 1.165) is 25.8 Å². The number of nitrogens with one attached hydrogen (secondary N) is 1. The Kier molecular flexibility index (Phi) is 5.91. The van der Waals surface area contributed by atoms with Crippen molar-refractivity contribution in [3.63, 3.8) is 0 Å². The molecule has 0 heterocycles. The fraction of sp³-hybridized carbons (Fsp3) is 0.429. The molecule has 1 fully saturated rings. The monoisotopic (exact) mass is 249 g/mol. The van der Waals surface area contributed by atoms with Crippen LogP contribution in [0.1, 0.15) is 24.0 Å². The van der Waals surface area contributed by atoms with Crippen LogP contribution in [0, 0.1) is 12.8 Å².